The summed E-state index contributed by atoms with van der Waals surface area (Å²) in [5.74, 6) is -0.201. The Morgan fingerprint density at radius 3 is 2.56 bits per heavy atom. The van der Waals surface area contributed by atoms with Gasteiger partial charge in [-0.15, -0.1) is 0 Å². The summed E-state index contributed by atoms with van der Waals surface area (Å²) in [6, 6.07) is 9.32. The van der Waals surface area contributed by atoms with Crippen LogP contribution in [0.3, 0.4) is 0 Å². The van der Waals surface area contributed by atoms with Crippen molar-refractivity contribution in [1.29, 1.82) is 5.26 Å². The minimum atomic E-state index is -0.647. The maximum absolute atomic E-state index is 13.0. The van der Waals surface area contributed by atoms with E-state index >= 15 is 0 Å². The summed E-state index contributed by atoms with van der Waals surface area (Å²) in [6.07, 6.45) is 1.76. The van der Waals surface area contributed by atoms with Crippen molar-refractivity contribution < 1.29 is 24.0 Å². The van der Waals surface area contributed by atoms with E-state index in [9.17, 15) is 14.9 Å². The molecule has 0 atom stereocenters. The van der Waals surface area contributed by atoms with Crippen LogP contribution in [0.2, 0.25) is 0 Å². The number of nitrogens with zero attached hydrogens (tertiary/aromatic N) is 2. The fraction of sp³-hybridized carbons (Fsp3) is 0.292. The number of aryl methyl sites for hydroxylation is 2. The number of furan rings is 1. The summed E-state index contributed by atoms with van der Waals surface area (Å²) in [4.78, 5) is 31.5. The lowest BCUT2D eigenvalue weighted by atomic mass is 9.94. The first kappa shape index (κ1) is 23.0. The van der Waals surface area contributed by atoms with Gasteiger partial charge in [0.1, 0.15) is 23.2 Å². The van der Waals surface area contributed by atoms with Gasteiger partial charge in [-0.05, 0) is 74.2 Å². The van der Waals surface area contributed by atoms with Crippen molar-refractivity contribution in [2.45, 2.75) is 27.2 Å². The highest BCUT2D eigenvalue weighted by atomic mass is 16.6. The van der Waals surface area contributed by atoms with Crippen LogP contribution in [0.15, 0.2) is 45.4 Å². The van der Waals surface area contributed by atoms with Gasteiger partial charge < -0.3 is 9.52 Å². The number of carbonyl (C=O) groups is 2. The molecule has 0 saturated heterocycles. The van der Waals surface area contributed by atoms with Crippen LogP contribution in [-0.4, -0.2) is 42.1 Å². The molecule has 0 fully saturated rings. The highest BCUT2D eigenvalue weighted by molar-refractivity contribution is 6.19. The average molecular weight is 435 g/mol. The standard InChI is InChI=1S/C24H25N3O5/c1-14-10-19(21(26-31-4)11-15(14)2)22-7-6-17(32-22)12-18-16(3)20(13-25)24(30)27(23(18)29)8-5-9-28/h6-7,10-12,26,28H,5,8-9H2,1-4H3/b18-12-. The van der Waals surface area contributed by atoms with E-state index in [2.05, 4.69) is 5.48 Å². The van der Waals surface area contributed by atoms with Crippen LogP contribution in [0.5, 0.6) is 0 Å². The first-order valence-corrected chi connectivity index (χ1v) is 10.1. The second kappa shape index (κ2) is 9.64. The molecule has 0 unspecified atom stereocenters. The zero-order valence-electron chi connectivity index (χ0n) is 18.5. The van der Waals surface area contributed by atoms with Crippen LogP contribution < -0.4 is 5.48 Å². The number of rotatable bonds is 7. The van der Waals surface area contributed by atoms with Crippen molar-refractivity contribution in [3.05, 3.63) is 57.9 Å². The Morgan fingerprint density at radius 2 is 1.91 bits per heavy atom. The van der Waals surface area contributed by atoms with E-state index in [-0.39, 0.29) is 30.7 Å². The Labute approximate surface area is 186 Å². The predicted molar refractivity (Wildman–Crippen MR) is 119 cm³/mol. The lowest BCUT2D eigenvalue weighted by Crippen LogP contribution is -2.43. The second-order valence-corrected chi connectivity index (χ2v) is 7.50. The highest BCUT2D eigenvalue weighted by Crippen LogP contribution is 2.34. The number of anilines is 1. The number of aliphatic hydroxyl groups is 1. The van der Waals surface area contributed by atoms with E-state index in [0.29, 0.717) is 17.1 Å². The van der Waals surface area contributed by atoms with E-state index in [1.165, 1.54) is 13.2 Å². The molecule has 1 aliphatic rings. The minimum absolute atomic E-state index is 0.0298. The van der Waals surface area contributed by atoms with Gasteiger partial charge in [0.15, 0.2) is 0 Å². The molecule has 8 heteroatoms. The van der Waals surface area contributed by atoms with Crippen LogP contribution >= 0.6 is 0 Å². The number of nitriles is 1. The van der Waals surface area contributed by atoms with Crippen LogP contribution in [0.25, 0.3) is 17.4 Å². The van der Waals surface area contributed by atoms with Gasteiger partial charge in [0, 0.05) is 24.3 Å². The zero-order valence-corrected chi connectivity index (χ0v) is 18.5. The third kappa shape index (κ3) is 4.35. The first-order chi connectivity index (χ1) is 15.3. The summed E-state index contributed by atoms with van der Waals surface area (Å²) < 4.78 is 5.99. The molecule has 1 aliphatic heterocycles. The van der Waals surface area contributed by atoms with Crippen molar-refractivity contribution >= 4 is 23.6 Å². The molecule has 166 valence electrons. The monoisotopic (exact) mass is 435 g/mol. The van der Waals surface area contributed by atoms with Gasteiger partial charge >= 0.3 is 0 Å². The Bertz CT molecular complexity index is 1170. The van der Waals surface area contributed by atoms with E-state index in [0.717, 1.165) is 27.3 Å². The van der Waals surface area contributed by atoms with Gasteiger partial charge in [0.2, 0.25) is 0 Å². The normalized spacial score (nSPS) is 15.5. The van der Waals surface area contributed by atoms with E-state index in [4.69, 9.17) is 14.4 Å². The van der Waals surface area contributed by atoms with Crippen LogP contribution in [0.4, 0.5) is 5.69 Å². The number of hydrogen-bond acceptors (Lipinski definition) is 7. The Morgan fingerprint density at radius 1 is 1.19 bits per heavy atom. The summed E-state index contributed by atoms with van der Waals surface area (Å²) in [5.41, 5.74) is 6.96. The van der Waals surface area contributed by atoms with Crippen molar-refractivity contribution in [3.8, 4) is 17.4 Å². The zero-order chi connectivity index (χ0) is 23.4. The van der Waals surface area contributed by atoms with Crippen LogP contribution in [0.1, 0.15) is 30.2 Å². The molecule has 0 radical (unpaired) electrons. The van der Waals surface area contributed by atoms with Gasteiger partial charge in [-0.25, -0.2) is 0 Å². The molecule has 2 N–H and O–H groups in total. The Hall–Kier alpha value is -3.67. The fourth-order valence-electron chi connectivity index (χ4n) is 3.49. The number of benzene rings is 1. The number of carbonyl (C=O) groups excluding carboxylic acids is 2. The predicted octanol–water partition coefficient (Wildman–Crippen LogP) is 3.51. The number of nitrogens with one attached hydrogen (secondary N) is 1. The molecule has 2 heterocycles. The largest absolute Gasteiger partial charge is 0.457 e. The molecule has 1 aromatic carbocycles. The van der Waals surface area contributed by atoms with E-state index < -0.39 is 11.8 Å². The summed E-state index contributed by atoms with van der Waals surface area (Å²) >= 11 is 0. The van der Waals surface area contributed by atoms with Gasteiger partial charge in [0.05, 0.1) is 12.8 Å². The highest BCUT2D eigenvalue weighted by Gasteiger charge is 2.35. The van der Waals surface area contributed by atoms with Crippen molar-refractivity contribution in [1.82, 2.24) is 4.90 Å². The SMILES string of the molecule is CONc1cc(C)c(C)cc1-c1ccc(/C=C2\C(=O)N(CCCO)C(=O)C(C#N)=C2C)o1. The molecule has 0 aliphatic carbocycles. The number of imide groups is 1. The van der Waals surface area contributed by atoms with Gasteiger partial charge in [-0.2, -0.15) is 5.26 Å². The lowest BCUT2D eigenvalue weighted by molar-refractivity contribution is -0.140. The van der Waals surface area contributed by atoms with Crippen LogP contribution in [0, 0.1) is 25.2 Å². The minimum Gasteiger partial charge on any atom is -0.457 e. The molecule has 2 aromatic rings. The Kier molecular flexibility index (Phi) is 6.93. The summed E-state index contributed by atoms with van der Waals surface area (Å²) in [5, 5.41) is 18.5. The smallest absolute Gasteiger partial charge is 0.271 e. The molecule has 32 heavy (non-hydrogen) atoms. The quantitative estimate of drug-likeness (QED) is 0.388. The van der Waals surface area contributed by atoms with Crippen molar-refractivity contribution in [2.24, 2.45) is 0 Å². The second-order valence-electron chi connectivity index (χ2n) is 7.50. The van der Waals surface area contributed by atoms with Crippen LogP contribution in [-0.2, 0) is 14.4 Å². The van der Waals surface area contributed by atoms with Crippen molar-refractivity contribution in [2.75, 3.05) is 25.7 Å². The molecule has 2 amide bonds. The van der Waals surface area contributed by atoms with Gasteiger partial charge in [-0.3, -0.25) is 24.8 Å². The van der Waals surface area contributed by atoms with E-state index in [1.54, 1.807) is 19.1 Å². The third-order valence-electron chi connectivity index (χ3n) is 5.39. The molecular formula is C24H25N3O5. The molecule has 3 rings (SSSR count). The first-order valence-electron chi connectivity index (χ1n) is 10.1. The lowest BCUT2D eigenvalue weighted by Gasteiger charge is -2.27. The molecule has 0 saturated carbocycles. The maximum atomic E-state index is 13.0. The maximum Gasteiger partial charge on any atom is 0.271 e. The average Bonchev–Trinajstić information content (AvgIpc) is 3.22. The Balaban J connectivity index is 2.04. The number of aliphatic hydroxyl groups excluding tert-OH is 1. The summed E-state index contributed by atoms with van der Waals surface area (Å²) in [7, 11) is 1.53. The molecule has 8 nitrogen and oxygen atoms in total. The number of amides is 2. The topological polar surface area (TPSA) is 116 Å². The molecule has 1 aromatic heterocycles. The fourth-order valence-corrected chi connectivity index (χ4v) is 3.49. The third-order valence-corrected chi connectivity index (χ3v) is 5.39. The van der Waals surface area contributed by atoms with E-state index in [1.807, 2.05) is 32.0 Å². The van der Waals surface area contributed by atoms with Gasteiger partial charge in [-0.1, -0.05) is 0 Å². The molecular weight excluding hydrogens is 410 g/mol. The summed E-state index contributed by atoms with van der Waals surface area (Å²) in [6.45, 7) is 5.42. The molecule has 0 bridgehead atoms. The number of hydrogen-bond donors (Lipinski definition) is 2. The van der Waals surface area contributed by atoms with Crippen molar-refractivity contribution in [3.63, 3.8) is 0 Å². The molecule has 0 spiro atoms. The van der Waals surface area contributed by atoms with Gasteiger partial charge in [0.25, 0.3) is 11.8 Å².